The van der Waals surface area contributed by atoms with E-state index in [9.17, 15) is 17.6 Å². The number of amides is 1. The first-order valence-electron chi connectivity index (χ1n) is 9.33. The lowest BCUT2D eigenvalue weighted by Gasteiger charge is -2.14. The smallest absolute Gasteiger partial charge is 0.261 e. The number of aliphatic hydroxyl groups excluding tert-OH is 1. The van der Waals surface area contributed by atoms with Crippen LogP contribution in [0.2, 0.25) is 0 Å². The third-order valence-electron chi connectivity index (χ3n) is 4.32. The second-order valence-corrected chi connectivity index (χ2v) is 8.29. The van der Waals surface area contributed by atoms with Gasteiger partial charge in [-0.3, -0.25) is 9.52 Å². The largest absolute Gasteiger partial charge is 0.491 e. The molecule has 3 rings (SSSR count). The normalized spacial score (nSPS) is 11.1. The quantitative estimate of drug-likeness (QED) is 0.493. The van der Waals surface area contributed by atoms with Crippen LogP contribution in [0.3, 0.4) is 0 Å². The Morgan fingerprint density at radius 2 is 1.77 bits per heavy atom. The van der Waals surface area contributed by atoms with Crippen molar-refractivity contribution < 1.29 is 27.4 Å². The van der Waals surface area contributed by atoms with Gasteiger partial charge in [-0.1, -0.05) is 12.1 Å². The summed E-state index contributed by atoms with van der Waals surface area (Å²) < 4.78 is 46.1. The van der Waals surface area contributed by atoms with Crippen molar-refractivity contribution in [2.24, 2.45) is 0 Å². The van der Waals surface area contributed by atoms with Crippen molar-refractivity contribution in [2.45, 2.75) is 11.8 Å². The van der Waals surface area contributed by atoms with Crippen molar-refractivity contribution in [1.29, 1.82) is 0 Å². The highest BCUT2D eigenvalue weighted by Gasteiger charge is 2.19. The van der Waals surface area contributed by atoms with Gasteiger partial charge in [0.15, 0.2) is 0 Å². The van der Waals surface area contributed by atoms with Crippen LogP contribution in [-0.2, 0) is 10.0 Å². The second-order valence-electron chi connectivity index (χ2n) is 6.61. The zero-order valence-electron chi connectivity index (χ0n) is 16.6. The zero-order valence-corrected chi connectivity index (χ0v) is 17.4. The lowest BCUT2D eigenvalue weighted by atomic mass is 10.1. The molecule has 0 aromatic heterocycles. The number of aliphatic hydroxyl groups is 1. The number of hydrogen-bond acceptors (Lipinski definition) is 5. The number of nitrogens with one attached hydrogen (secondary N) is 2. The predicted octanol–water partition coefficient (Wildman–Crippen LogP) is 3.56. The first kappa shape index (κ1) is 22.3. The summed E-state index contributed by atoms with van der Waals surface area (Å²) in [7, 11) is -4.01. The highest BCUT2D eigenvalue weighted by atomic mass is 32.2. The Hall–Kier alpha value is -3.43. The molecule has 0 saturated carbocycles. The van der Waals surface area contributed by atoms with E-state index in [-0.39, 0.29) is 29.4 Å². The molecule has 0 aliphatic heterocycles. The first-order chi connectivity index (χ1) is 14.8. The Morgan fingerprint density at radius 3 is 2.45 bits per heavy atom. The van der Waals surface area contributed by atoms with Crippen molar-refractivity contribution in [3.63, 3.8) is 0 Å². The zero-order chi connectivity index (χ0) is 22.4. The SMILES string of the molecule is Cc1cc(NC(=O)c2ccccc2NS(=O)(=O)c2ccc(F)cc2)ccc1OCCO. The maximum Gasteiger partial charge on any atom is 0.261 e. The summed E-state index contributed by atoms with van der Waals surface area (Å²) in [4.78, 5) is 12.7. The molecular formula is C22H21FN2O5S. The number of anilines is 2. The highest BCUT2D eigenvalue weighted by Crippen LogP contribution is 2.24. The lowest BCUT2D eigenvalue weighted by molar-refractivity contribution is 0.102. The molecule has 0 bridgehead atoms. The Balaban J connectivity index is 1.80. The Kier molecular flexibility index (Phi) is 6.88. The molecule has 0 saturated heterocycles. The van der Waals surface area contributed by atoms with E-state index in [1.54, 1.807) is 37.3 Å². The van der Waals surface area contributed by atoms with Crippen molar-refractivity contribution in [1.82, 2.24) is 0 Å². The first-order valence-corrected chi connectivity index (χ1v) is 10.8. The van der Waals surface area contributed by atoms with Crippen LogP contribution in [0.25, 0.3) is 0 Å². The van der Waals surface area contributed by atoms with Crippen LogP contribution in [0, 0.1) is 12.7 Å². The molecule has 0 fully saturated rings. The number of benzene rings is 3. The fourth-order valence-corrected chi connectivity index (χ4v) is 3.91. The van der Waals surface area contributed by atoms with Gasteiger partial charge in [-0.05, 0) is 67.1 Å². The van der Waals surface area contributed by atoms with Gasteiger partial charge in [0.2, 0.25) is 0 Å². The summed E-state index contributed by atoms with van der Waals surface area (Å²) in [6.45, 7) is 1.85. The summed E-state index contributed by atoms with van der Waals surface area (Å²) in [5, 5.41) is 11.6. The fourth-order valence-electron chi connectivity index (χ4n) is 2.83. The molecular weight excluding hydrogens is 423 g/mol. The third-order valence-corrected chi connectivity index (χ3v) is 5.70. The number of sulfonamides is 1. The number of carbonyl (C=O) groups is 1. The average Bonchev–Trinajstić information content (AvgIpc) is 2.73. The Bertz CT molecular complexity index is 1180. The van der Waals surface area contributed by atoms with Crippen molar-refractivity contribution in [3.05, 3.63) is 83.7 Å². The summed E-state index contributed by atoms with van der Waals surface area (Å²) in [5.74, 6) is -0.484. The topological polar surface area (TPSA) is 105 Å². The molecule has 0 aliphatic carbocycles. The van der Waals surface area contributed by atoms with Crippen molar-refractivity contribution in [3.8, 4) is 5.75 Å². The minimum Gasteiger partial charge on any atom is -0.491 e. The molecule has 3 N–H and O–H groups in total. The molecule has 0 heterocycles. The minimum atomic E-state index is -4.01. The molecule has 3 aromatic rings. The third kappa shape index (κ3) is 5.59. The van der Waals surface area contributed by atoms with E-state index < -0.39 is 21.7 Å². The standard InChI is InChI=1S/C22H21FN2O5S/c1-15-14-17(8-11-21(15)30-13-12-26)24-22(27)19-4-2-3-5-20(19)25-31(28,29)18-9-6-16(23)7-10-18/h2-11,14,25-26H,12-13H2,1H3,(H,24,27). The maximum atomic E-state index is 13.1. The predicted molar refractivity (Wildman–Crippen MR) is 115 cm³/mol. The van der Waals surface area contributed by atoms with Gasteiger partial charge in [-0.15, -0.1) is 0 Å². The van der Waals surface area contributed by atoms with E-state index >= 15 is 0 Å². The summed E-state index contributed by atoms with van der Waals surface area (Å²) in [6, 6.07) is 15.6. The monoisotopic (exact) mass is 444 g/mol. The van der Waals surface area contributed by atoms with E-state index in [1.807, 2.05) is 0 Å². The lowest BCUT2D eigenvalue weighted by Crippen LogP contribution is -2.18. The van der Waals surface area contributed by atoms with Gasteiger partial charge in [-0.2, -0.15) is 0 Å². The molecule has 3 aromatic carbocycles. The summed E-state index contributed by atoms with van der Waals surface area (Å²) >= 11 is 0. The van der Waals surface area contributed by atoms with Crippen LogP contribution in [0.5, 0.6) is 5.75 Å². The molecule has 0 unspecified atom stereocenters. The number of rotatable bonds is 8. The van der Waals surface area contributed by atoms with Crippen LogP contribution >= 0.6 is 0 Å². The molecule has 0 spiro atoms. The van der Waals surface area contributed by atoms with Crippen LogP contribution in [-0.4, -0.2) is 32.6 Å². The van der Waals surface area contributed by atoms with Gasteiger partial charge in [0.25, 0.3) is 15.9 Å². The number of ether oxygens (including phenoxy) is 1. The van der Waals surface area contributed by atoms with E-state index in [0.717, 1.165) is 29.8 Å². The van der Waals surface area contributed by atoms with Crippen LogP contribution in [0.4, 0.5) is 15.8 Å². The van der Waals surface area contributed by atoms with E-state index in [2.05, 4.69) is 10.0 Å². The second kappa shape index (κ2) is 9.59. The number of para-hydroxylation sites is 1. The van der Waals surface area contributed by atoms with Gasteiger partial charge in [0.05, 0.1) is 22.8 Å². The van der Waals surface area contributed by atoms with Crippen molar-refractivity contribution >= 4 is 27.3 Å². The number of aryl methyl sites for hydroxylation is 1. The van der Waals surface area contributed by atoms with E-state index in [1.165, 1.54) is 12.1 Å². The van der Waals surface area contributed by atoms with Crippen LogP contribution < -0.4 is 14.8 Å². The molecule has 31 heavy (non-hydrogen) atoms. The summed E-state index contributed by atoms with van der Waals surface area (Å²) in [5.41, 5.74) is 1.46. The van der Waals surface area contributed by atoms with Gasteiger partial charge < -0.3 is 15.2 Å². The molecule has 0 aliphatic rings. The van der Waals surface area contributed by atoms with Gasteiger partial charge in [-0.25, -0.2) is 12.8 Å². The van der Waals surface area contributed by atoms with Gasteiger partial charge >= 0.3 is 0 Å². The fraction of sp³-hybridized carbons (Fsp3) is 0.136. The molecule has 162 valence electrons. The maximum absolute atomic E-state index is 13.1. The Labute approximate surface area is 179 Å². The van der Waals surface area contributed by atoms with Gasteiger partial charge in [0, 0.05) is 5.69 Å². The molecule has 0 atom stereocenters. The number of carbonyl (C=O) groups excluding carboxylic acids is 1. The minimum absolute atomic E-state index is 0.0870. The molecule has 7 nitrogen and oxygen atoms in total. The molecule has 0 radical (unpaired) electrons. The van der Waals surface area contributed by atoms with E-state index in [4.69, 9.17) is 9.84 Å². The average molecular weight is 444 g/mol. The van der Waals surface area contributed by atoms with E-state index in [0.29, 0.717) is 11.4 Å². The molecule has 9 heteroatoms. The number of hydrogen-bond donors (Lipinski definition) is 3. The van der Waals surface area contributed by atoms with Crippen LogP contribution in [0.1, 0.15) is 15.9 Å². The Morgan fingerprint density at radius 1 is 1.06 bits per heavy atom. The summed E-state index contributed by atoms with van der Waals surface area (Å²) in [6.07, 6.45) is 0. The van der Waals surface area contributed by atoms with Crippen molar-refractivity contribution in [2.75, 3.05) is 23.3 Å². The number of halogens is 1. The van der Waals surface area contributed by atoms with Gasteiger partial charge in [0.1, 0.15) is 18.2 Å². The highest BCUT2D eigenvalue weighted by molar-refractivity contribution is 7.92. The van der Waals surface area contributed by atoms with Crippen LogP contribution in [0.15, 0.2) is 71.6 Å². The molecule has 1 amide bonds.